The molecule has 2 N–H and O–H groups in total. The van der Waals surface area contributed by atoms with Crippen molar-refractivity contribution in [3.8, 4) is 5.75 Å². The molecule has 0 aliphatic carbocycles. The Morgan fingerprint density at radius 2 is 1.81 bits per heavy atom. The second-order valence-electron chi connectivity index (χ2n) is 5.92. The van der Waals surface area contributed by atoms with Crippen molar-refractivity contribution in [1.29, 1.82) is 0 Å². The Balaban J connectivity index is 1.66. The lowest BCUT2D eigenvalue weighted by Crippen LogP contribution is -2.12. The number of rotatable bonds is 6. The number of aryl methyl sites for hydroxylation is 1. The number of ether oxygens (including phenoxy) is 1. The average molecular weight is 347 g/mol. The van der Waals surface area contributed by atoms with E-state index in [0.717, 1.165) is 11.4 Å². The van der Waals surface area contributed by atoms with E-state index in [1.807, 2.05) is 12.1 Å². The molecule has 0 bridgehead atoms. The summed E-state index contributed by atoms with van der Waals surface area (Å²) in [6.07, 6.45) is 3.26. The van der Waals surface area contributed by atoms with Gasteiger partial charge in [-0.1, -0.05) is 24.3 Å². The Morgan fingerprint density at radius 3 is 2.54 bits per heavy atom. The minimum absolute atomic E-state index is 0.206. The first-order valence-corrected chi connectivity index (χ1v) is 8.34. The number of hydrogen-bond acceptors (Lipinski definition) is 4. The highest BCUT2D eigenvalue weighted by molar-refractivity contribution is 6.04. The molecule has 0 unspecified atom stereocenters. The van der Waals surface area contributed by atoms with Gasteiger partial charge in [0.1, 0.15) is 5.75 Å². The molecule has 0 saturated carbocycles. The van der Waals surface area contributed by atoms with Crippen molar-refractivity contribution in [2.24, 2.45) is 0 Å². The number of pyridine rings is 1. The Morgan fingerprint density at radius 1 is 1.04 bits per heavy atom. The zero-order chi connectivity index (χ0) is 18.4. The van der Waals surface area contributed by atoms with Gasteiger partial charge in [-0.3, -0.25) is 9.78 Å². The summed E-state index contributed by atoms with van der Waals surface area (Å²) in [6, 6.07) is 17.2. The summed E-state index contributed by atoms with van der Waals surface area (Å²) >= 11 is 0. The number of carbonyl (C=O) groups is 1. The highest BCUT2D eigenvalue weighted by atomic mass is 16.5. The quantitative estimate of drug-likeness (QED) is 0.699. The summed E-state index contributed by atoms with van der Waals surface area (Å²) in [4.78, 5) is 16.6. The van der Waals surface area contributed by atoms with E-state index in [-0.39, 0.29) is 5.91 Å². The maximum absolute atomic E-state index is 12.4. The predicted molar refractivity (Wildman–Crippen MR) is 104 cm³/mol. The zero-order valence-corrected chi connectivity index (χ0v) is 14.8. The van der Waals surface area contributed by atoms with E-state index < -0.39 is 0 Å². The molecule has 0 spiro atoms. The molecular weight excluding hydrogens is 326 g/mol. The maximum atomic E-state index is 12.4. The molecule has 1 amide bonds. The van der Waals surface area contributed by atoms with Crippen molar-refractivity contribution >= 4 is 17.3 Å². The fourth-order valence-electron chi connectivity index (χ4n) is 2.54. The topological polar surface area (TPSA) is 63.2 Å². The summed E-state index contributed by atoms with van der Waals surface area (Å²) < 4.78 is 5.12. The van der Waals surface area contributed by atoms with Gasteiger partial charge in [0.25, 0.3) is 5.91 Å². The number of carbonyl (C=O) groups excluding carboxylic acids is 1. The summed E-state index contributed by atoms with van der Waals surface area (Å²) in [5.74, 6) is 0.536. The molecule has 0 fully saturated rings. The lowest BCUT2D eigenvalue weighted by molar-refractivity contribution is 0.102. The molecule has 26 heavy (non-hydrogen) atoms. The number of methoxy groups -OCH3 is 1. The van der Waals surface area contributed by atoms with Crippen molar-refractivity contribution in [2.75, 3.05) is 17.7 Å². The van der Waals surface area contributed by atoms with Crippen LogP contribution >= 0.6 is 0 Å². The van der Waals surface area contributed by atoms with E-state index in [0.29, 0.717) is 17.8 Å². The third-order valence-corrected chi connectivity index (χ3v) is 4.09. The van der Waals surface area contributed by atoms with Gasteiger partial charge in [0.2, 0.25) is 0 Å². The highest BCUT2D eigenvalue weighted by Crippen LogP contribution is 2.17. The molecule has 1 aromatic heterocycles. The van der Waals surface area contributed by atoms with Crippen molar-refractivity contribution in [3.63, 3.8) is 0 Å². The molecule has 5 heteroatoms. The van der Waals surface area contributed by atoms with Crippen molar-refractivity contribution in [3.05, 3.63) is 83.7 Å². The standard InChI is InChI=1S/C21H21N3O2/c1-15-5-3-4-6-16(15)13-23-19-11-17(12-22-14-19)21(25)24-18-7-9-20(26-2)10-8-18/h3-12,14,23H,13H2,1-2H3,(H,24,25). The van der Waals surface area contributed by atoms with E-state index in [9.17, 15) is 4.79 Å². The van der Waals surface area contributed by atoms with Crippen LogP contribution in [-0.4, -0.2) is 18.0 Å². The van der Waals surface area contributed by atoms with E-state index >= 15 is 0 Å². The first kappa shape index (κ1) is 17.5. The first-order valence-electron chi connectivity index (χ1n) is 8.34. The molecule has 0 aliphatic heterocycles. The average Bonchev–Trinajstić information content (AvgIpc) is 2.68. The predicted octanol–water partition coefficient (Wildman–Crippen LogP) is 4.26. The zero-order valence-electron chi connectivity index (χ0n) is 14.8. The van der Waals surface area contributed by atoms with Crippen LogP contribution in [0, 0.1) is 6.92 Å². The number of hydrogen-bond donors (Lipinski definition) is 2. The van der Waals surface area contributed by atoms with E-state index in [1.54, 1.807) is 49.8 Å². The Labute approximate surface area is 153 Å². The van der Waals surface area contributed by atoms with Gasteiger partial charge in [-0.25, -0.2) is 0 Å². The molecule has 0 saturated heterocycles. The minimum Gasteiger partial charge on any atom is -0.497 e. The Kier molecular flexibility index (Phi) is 5.49. The summed E-state index contributed by atoms with van der Waals surface area (Å²) in [6.45, 7) is 2.76. The van der Waals surface area contributed by atoms with E-state index in [1.165, 1.54) is 11.1 Å². The second kappa shape index (κ2) is 8.16. The molecule has 5 nitrogen and oxygen atoms in total. The van der Waals surface area contributed by atoms with Gasteiger partial charge in [-0.05, 0) is 48.4 Å². The number of nitrogens with one attached hydrogen (secondary N) is 2. The van der Waals surface area contributed by atoms with Crippen LogP contribution in [0.3, 0.4) is 0 Å². The molecule has 0 aliphatic rings. The lowest BCUT2D eigenvalue weighted by atomic mass is 10.1. The number of amides is 1. The summed E-state index contributed by atoms with van der Waals surface area (Å²) in [5.41, 5.74) is 4.43. The van der Waals surface area contributed by atoms with Gasteiger partial charge in [-0.2, -0.15) is 0 Å². The van der Waals surface area contributed by atoms with Crippen LogP contribution in [0.2, 0.25) is 0 Å². The molecule has 3 rings (SSSR count). The number of aromatic nitrogens is 1. The van der Waals surface area contributed by atoms with Gasteiger partial charge in [0, 0.05) is 24.6 Å². The monoisotopic (exact) mass is 347 g/mol. The van der Waals surface area contributed by atoms with Gasteiger partial charge < -0.3 is 15.4 Å². The largest absolute Gasteiger partial charge is 0.497 e. The number of anilines is 2. The van der Waals surface area contributed by atoms with Crippen LogP contribution in [0.5, 0.6) is 5.75 Å². The molecule has 2 aromatic carbocycles. The first-order chi connectivity index (χ1) is 12.7. The number of nitrogens with zero attached hydrogens (tertiary/aromatic N) is 1. The third kappa shape index (κ3) is 4.39. The van der Waals surface area contributed by atoms with Crippen molar-refractivity contribution < 1.29 is 9.53 Å². The molecular formula is C21H21N3O2. The SMILES string of the molecule is COc1ccc(NC(=O)c2cncc(NCc3ccccc3C)c2)cc1. The van der Waals surface area contributed by atoms with Crippen LogP contribution in [0.25, 0.3) is 0 Å². The van der Waals surface area contributed by atoms with Crippen LogP contribution in [0.4, 0.5) is 11.4 Å². The van der Waals surface area contributed by atoms with Crippen molar-refractivity contribution in [1.82, 2.24) is 4.98 Å². The van der Waals surface area contributed by atoms with Gasteiger partial charge >= 0.3 is 0 Å². The second-order valence-corrected chi connectivity index (χ2v) is 5.92. The smallest absolute Gasteiger partial charge is 0.257 e. The molecule has 0 atom stereocenters. The molecule has 3 aromatic rings. The van der Waals surface area contributed by atoms with Crippen LogP contribution in [0.1, 0.15) is 21.5 Å². The van der Waals surface area contributed by atoms with E-state index in [4.69, 9.17) is 4.74 Å². The molecule has 0 radical (unpaired) electrons. The molecule has 132 valence electrons. The van der Waals surface area contributed by atoms with Crippen molar-refractivity contribution in [2.45, 2.75) is 13.5 Å². The maximum Gasteiger partial charge on any atom is 0.257 e. The Hall–Kier alpha value is -3.34. The van der Waals surface area contributed by atoms with Crippen LogP contribution in [-0.2, 0) is 6.54 Å². The van der Waals surface area contributed by atoms with Crippen LogP contribution in [0.15, 0.2) is 67.0 Å². The van der Waals surface area contributed by atoms with Gasteiger partial charge in [0.05, 0.1) is 18.4 Å². The van der Waals surface area contributed by atoms with Gasteiger partial charge in [0.15, 0.2) is 0 Å². The lowest BCUT2D eigenvalue weighted by Gasteiger charge is -2.10. The number of benzene rings is 2. The fourth-order valence-corrected chi connectivity index (χ4v) is 2.54. The summed E-state index contributed by atoms with van der Waals surface area (Å²) in [5, 5.41) is 6.17. The van der Waals surface area contributed by atoms with Crippen LogP contribution < -0.4 is 15.4 Å². The third-order valence-electron chi connectivity index (χ3n) is 4.09. The fraction of sp³-hybridized carbons (Fsp3) is 0.143. The molecule has 1 heterocycles. The summed E-state index contributed by atoms with van der Waals surface area (Å²) in [7, 11) is 1.61. The Bertz CT molecular complexity index is 892. The van der Waals surface area contributed by atoms with Gasteiger partial charge in [-0.15, -0.1) is 0 Å². The normalized spacial score (nSPS) is 10.2. The van der Waals surface area contributed by atoms with E-state index in [2.05, 4.69) is 34.7 Å². The highest BCUT2D eigenvalue weighted by Gasteiger charge is 2.08. The minimum atomic E-state index is -0.206.